The number of ether oxygens (including phenoxy) is 1. The standard InChI is InChI=1S/C19H24N2O4/c1-25-18(24)19(10-3-2-4-11-19)20-17(23)14-7-5-8-15(13-14)21-12-6-9-16(21)22/h5,7-8,13H,2-4,6,9-12H2,1H3,(H,20,23). The minimum atomic E-state index is -0.941. The van der Waals surface area contributed by atoms with E-state index in [4.69, 9.17) is 4.74 Å². The van der Waals surface area contributed by atoms with E-state index in [9.17, 15) is 14.4 Å². The molecule has 2 fully saturated rings. The van der Waals surface area contributed by atoms with Gasteiger partial charge in [0.2, 0.25) is 5.91 Å². The first kappa shape index (κ1) is 17.5. The molecule has 0 radical (unpaired) electrons. The SMILES string of the molecule is COC(=O)C1(NC(=O)c2cccc(N3CCCC3=O)c2)CCCCC1. The molecule has 0 spiro atoms. The maximum absolute atomic E-state index is 12.8. The van der Waals surface area contributed by atoms with E-state index in [1.807, 2.05) is 6.07 Å². The van der Waals surface area contributed by atoms with Gasteiger partial charge in [0.15, 0.2) is 0 Å². The number of carbonyl (C=O) groups excluding carboxylic acids is 3. The van der Waals surface area contributed by atoms with Crippen molar-refractivity contribution < 1.29 is 19.1 Å². The van der Waals surface area contributed by atoms with Gasteiger partial charge in [-0.2, -0.15) is 0 Å². The molecule has 134 valence electrons. The Hall–Kier alpha value is -2.37. The maximum Gasteiger partial charge on any atom is 0.331 e. The highest BCUT2D eigenvalue weighted by molar-refractivity contribution is 6.01. The Bertz CT molecular complexity index is 680. The lowest BCUT2D eigenvalue weighted by Crippen LogP contribution is -2.56. The van der Waals surface area contributed by atoms with Crippen molar-refractivity contribution in [1.82, 2.24) is 5.32 Å². The fourth-order valence-corrected chi connectivity index (χ4v) is 3.76. The van der Waals surface area contributed by atoms with Crippen LogP contribution in [0.2, 0.25) is 0 Å². The molecule has 1 aromatic rings. The van der Waals surface area contributed by atoms with Crippen LogP contribution in [0.1, 0.15) is 55.3 Å². The summed E-state index contributed by atoms with van der Waals surface area (Å²) in [5, 5.41) is 2.91. The third kappa shape index (κ3) is 3.52. The third-order valence-electron chi connectivity index (χ3n) is 5.13. The van der Waals surface area contributed by atoms with Gasteiger partial charge in [0.1, 0.15) is 5.54 Å². The highest BCUT2D eigenvalue weighted by atomic mass is 16.5. The summed E-state index contributed by atoms with van der Waals surface area (Å²) < 4.78 is 4.94. The van der Waals surface area contributed by atoms with E-state index in [1.165, 1.54) is 7.11 Å². The quantitative estimate of drug-likeness (QED) is 0.851. The third-order valence-corrected chi connectivity index (χ3v) is 5.13. The van der Waals surface area contributed by atoms with Gasteiger partial charge in [-0.15, -0.1) is 0 Å². The number of benzene rings is 1. The van der Waals surface area contributed by atoms with Crippen LogP contribution < -0.4 is 10.2 Å². The summed E-state index contributed by atoms with van der Waals surface area (Å²) in [6.07, 6.45) is 5.39. The lowest BCUT2D eigenvalue weighted by Gasteiger charge is -2.35. The Balaban J connectivity index is 1.80. The molecule has 1 aliphatic carbocycles. The zero-order valence-electron chi connectivity index (χ0n) is 14.5. The van der Waals surface area contributed by atoms with Crippen molar-refractivity contribution in [2.24, 2.45) is 0 Å². The van der Waals surface area contributed by atoms with Gasteiger partial charge in [-0.25, -0.2) is 4.79 Å². The predicted octanol–water partition coefficient (Wildman–Crippen LogP) is 2.42. The topological polar surface area (TPSA) is 75.7 Å². The molecular formula is C19H24N2O4. The van der Waals surface area contributed by atoms with Crippen LogP contribution in [-0.4, -0.2) is 37.0 Å². The van der Waals surface area contributed by atoms with Crippen LogP contribution in [0.5, 0.6) is 0 Å². The first-order valence-electron chi connectivity index (χ1n) is 8.87. The minimum Gasteiger partial charge on any atom is -0.467 e. The molecule has 1 heterocycles. The van der Waals surface area contributed by atoms with Crippen LogP contribution in [0.25, 0.3) is 0 Å². The Morgan fingerprint density at radius 3 is 2.56 bits per heavy atom. The molecule has 1 saturated heterocycles. The molecule has 25 heavy (non-hydrogen) atoms. The summed E-state index contributed by atoms with van der Waals surface area (Å²) >= 11 is 0. The number of anilines is 1. The van der Waals surface area contributed by atoms with Gasteiger partial charge in [0.05, 0.1) is 7.11 Å². The van der Waals surface area contributed by atoms with Gasteiger partial charge in [0.25, 0.3) is 5.91 Å². The first-order chi connectivity index (χ1) is 12.1. The van der Waals surface area contributed by atoms with E-state index < -0.39 is 5.54 Å². The van der Waals surface area contributed by atoms with E-state index in [1.54, 1.807) is 23.1 Å². The number of hydrogen-bond donors (Lipinski definition) is 1. The molecule has 0 aromatic heterocycles. The lowest BCUT2D eigenvalue weighted by atomic mass is 9.81. The van der Waals surface area contributed by atoms with E-state index >= 15 is 0 Å². The Kier molecular flexibility index (Phi) is 5.06. The number of nitrogens with zero attached hydrogens (tertiary/aromatic N) is 1. The summed E-state index contributed by atoms with van der Waals surface area (Å²) in [7, 11) is 1.35. The molecule has 1 aromatic carbocycles. The van der Waals surface area contributed by atoms with E-state index in [0.29, 0.717) is 31.4 Å². The average Bonchev–Trinajstić information content (AvgIpc) is 3.08. The van der Waals surface area contributed by atoms with Crippen LogP contribution in [0.4, 0.5) is 5.69 Å². The van der Waals surface area contributed by atoms with Crippen molar-refractivity contribution in [3.05, 3.63) is 29.8 Å². The van der Waals surface area contributed by atoms with Crippen LogP contribution in [0.3, 0.4) is 0 Å². The first-order valence-corrected chi connectivity index (χ1v) is 8.87. The van der Waals surface area contributed by atoms with Crippen LogP contribution >= 0.6 is 0 Å². The second kappa shape index (κ2) is 7.25. The summed E-state index contributed by atoms with van der Waals surface area (Å²) in [4.78, 5) is 38.7. The molecule has 1 N–H and O–H groups in total. The van der Waals surface area contributed by atoms with Crippen molar-refractivity contribution in [3.8, 4) is 0 Å². The number of esters is 1. The van der Waals surface area contributed by atoms with Crippen molar-refractivity contribution in [1.29, 1.82) is 0 Å². The normalized spacial score (nSPS) is 19.6. The summed E-state index contributed by atoms with van der Waals surface area (Å²) in [5.41, 5.74) is 0.237. The smallest absolute Gasteiger partial charge is 0.331 e. The van der Waals surface area contributed by atoms with E-state index in [0.717, 1.165) is 31.4 Å². The highest BCUT2D eigenvalue weighted by Gasteiger charge is 2.42. The van der Waals surface area contributed by atoms with Gasteiger partial charge in [0, 0.05) is 24.2 Å². The molecule has 2 aliphatic rings. The highest BCUT2D eigenvalue weighted by Crippen LogP contribution is 2.30. The number of nitrogens with one attached hydrogen (secondary N) is 1. The number of amides is 2. The fraction of sp³-hybridized carbons (Fsp3) is 0.526. The largest absolute Gasteiger partial charge is 0.467 e. The fourth-order valence-electron chi connectivity index (χ4n) is 3.76. The second-order valence-corrected chi connectivity index (χ2v) is 6.79. The summed E-state index contributed by atoms with van der Waals surface area (Å²) in [6.45, 7) is 0.677. The van der Waals surface area contributed by atoms with Crippen LogP contribution in [-0.2, 0) is 14.3 Å². The second-order valence-electron chi connectivity index (χ2n) is 6.79. The van der Waals surface area contributed by atoms with Crippen LogP contribution in [0, 0.1) is 0 Å². The molecule has 6 nitrogen and oxygen atoms in total. The lowest BCUT2D eigenvalue weighted by molar-refractivity contribution is -0.149. The van der Waals surface area contributed by atoms with Gasteiger partial charge < -0.3 is 15.0 Å². The Labute approximate surface area is 147 Å². The molecule has 0 bridgehead atoms. The van der Waals surface area contributed by atoms with Crippen molar-refractivity contribution in [2.75, 3.05) is 18.6 Å². The molecular weight excluding hydrogens is 320 g/mol. The molecule has 2 amide bonds. The van der Waals surface area contributed by atoms with E-state index in [2.05, 4.69) is 5.32 Å². The van der Waals surface area contributed by atoms with Crippen molar-refractivity contribution in [3.63, 3.8) is 0 Å². The molecule has 3 rings (SSSR count). The van der Waals surface area contributed by atoms with Gasteiger partial charge in [-0.05, 0) is 37.5 Å². The zero-order chi connectivity index (χ0) is 17.9. The van der Waals surface area contributed by atoms with Crippen molar-refractivity contribution >= 4 is 23.5 Å². The summed E-state index contributed by atoms with van der Waals surface area (Å²) in [5.74, 6) is -0.608. The van der Waals surface area contributed by atoms with Crippen LogP contribution in [0.15, 0.2) is 24.3 Å². The molecule has 6 heteroatoms. The minimum absolute atomic E-state index is 0.0795. The molecule has 1 aliphatic heterocycles. The monoisotopic (exact) mass is 344 g/mol. The Morgan fingerprint density at radius 1 is 1.16 bits per heavy atom. The number of rotatable bonds is 4. The molecule has 0 atom stereocenters. The van der Waals surface area contributed by atoms with Gasteiger partial charge >= 0.3 is 5.97 Å². The number of methoxy groups -OCH3 is 1. The average molecular weight is 344 g/mol. The number of hydrogen-bond acceptors (Lipinski definition) is 4. The number of carbonyl (C=O) groups is 3. The molecule has 0 unspecified atom stereocenters. The summed E-state index contributed by atoms with van der Waals surface area (Å²) in [6, 6.07) is 7.01. The van der Waals surface area contributed by atoms with E-state index in [-0.39, 0.29) is 17.8 Å². The predicted molar refractivity (Wildman–Crippen MR) is 93.3 cm³/mol. The maximum atomic E-state index is 12.8. The van der Waals surface area contributed by atoms with Gasteiger partial charge in [-0.1, -0.05) is 25.3 Å². The zero-order valence-corrected chi connectivity index (χ0v) is 14.5. The van der Waals surface area contributed by atoms with Gasteiger partial charge in [-0.3, -0.25) is 9.59 Å². The Morgan fingerprint density at radius 2 is 1.92 bits per heavy atom. The van der Waals surface area contributed by atoms with Crippen molar-refractivity contribution in [2.45, 2.75) is 50.5 Å². The molecule has 1 saturated carbocycles.